The van der Waals surface area contributed by atoms with Crippen molar-refractivity contribution in [2.45, 2.75) is 32.7 Å². The summed E-state index contributed by atoms with van der Waals surface area (Å²) in [5.74, 6) is 1.10. The fourth-order valence-electron chi connectivity index (χ4n) is 1.83. The Morgan fingerprint density at radius 2 is 2.00 bits per heavy atom. The molecule has 0 aromatic heterocycles. The highest BCUT2D eigenvalue weighted by Gasteiger charge is 2.20. The number of aliphatic hydroxyl groups is 1. The first kappa shape index (κ1) is 12.0. The SMILES string of the molecule is CC(CO)CNC(C)C1CCOCC1. The van der Waals surface area contributed by atoms with Crippen molar-refractivity contribution in [1.29, 1.82) is 0 Å². The van der Waals surface area contributed by atoms with E-state index in [4.69, 9.17) is 9.84 Å². The van der Waals surface area contributed by atoms with Crippen molar-refractivity contribution in [3.8, 4) is 0 Å². The average molecular weight is 201 g/mol. The molecule has 1 heterocycles. The van der Waals surface area contributed by atoms with E-state index in [1.54, 1.807) is 0 Å². The third-order valence-corrected chi connectivity index (χ3v) is 3.07. The number of rotatable bonds is 5. The number of hydrogen-bond acceptors (Lipinski definition) is 3. The first-order chi connectivity index (χ1) is 6.74. The van der Waals surface area contributed by atoms with Gasteiger partial charge in [0.25, 0.3) is 0 Å². The van der Waals surface area contributed by atoms with E-state index in [0.717, 1.165) is 25.7 Å². The van der Waals surface area contributed by atoms with Gasteiger partial charge in [0.2, 0.25) is 0 Å². The Hall–Kier alpha value is -0.120. The summed E-state index contributed by atoms with van der Waals surface area (Å²) in [5, 5.41) is 12.4. The molecule has 1 rings (SSSR count). The predicted octanol–water partition coefficient (Wildman–Crippen LogP) is 1.02. The second-order valence-electron chi connectivity index (χ2n) is 4.43. The van der Waals surface area contributed by atoms with Gasteiger partial charge in [-0.15, -0.1) is 0 Å². The Kier molecular flexibility index (Phi) is 5.45. The Balaban J connectivity index is 2.16. The number of hydrogen-bond donors (Lipinski definition) is 2. The number of nitrogens with one attached hydrogen (secondary N) is 1. The van der Waals surface area contributed by atoms with E-state index in [1.807, 2.05) is 0 Å². The van der Waals surface area contributed by atoms with Crippen LogP contribution in [0.3, 0.4) is 0 Å². The Morgan fingerprint density at radius 3 is 2.57 bits per heavy atom. The van der Waals surface area contributed by atoms with E-state index in [9.17, 15) is 0 Å². The van der Waals surface area contributed by atoms with E-state index in [0.29, 0.717) is 12.0 Å². The maximum atomic E-state index is 8.90. The number of ether oxygens (including phenoxy) is 1. The highest BCUT2D eigenvalue weighted by Crippen LogP contribution is 2.18. The first-order valence-electron chi connectivity index (χ1n) is 5.66. The maximum Gasteiger partial charge on any atom is 0.0469 e. The summed E-state index contributed by atoms with van der Waals surface area (Å²) >= 11 is 0. The molecule has 1 fully saturated rings. The highest BCUT2D eigenvalue weighted by atomic mass is 16.5. The van der Waals surface area contributed by atoms with Crippen molar-refractivity contribution in [3.05, 3.63) is 0 Å². The fraction of sp³-hybridized carbons (Fsp3) is 1.00. The largest absolute Gasteiger partial charge is 0.396 e. The third-order valence-electron chi connectivity index (χ3n) is 3.07. The summed E-state index contributed by atoms with van der Waals surface area (Å²) in [4.78, 5) is 0. The van der Waals surface area contributed by atoms with Crippen LogP contribution in [-0.4, -0.2) is 37.5 Å². The van der Waals surface area contributed by atoms with E-state index >= 15 is 0 Å². The Morgan fingerprint density at radius 1 is 1.36 bits per heavy atom. The molecule has 2 atom stereocenters. The quantitative estimate of drug-likeness (QED) is 0.698. The second kappa shape index (κ2) is 6.38. The van der Waals surface area contributed by atoms with Crippen LogP contribution in [-0.2, 0) is 4.74 Å². The van der Waals surface area contributed by atoms with Crippen LogP contribution >= 0.6 is 0 Å². The molecule has 0 amide bonds. The zero-order valence-corrected chi connectivity index (χ0v) is 9.33. The molecule has 1 saturated heterocycles. The topological polar surface area (TPSA) is 41.5 Å². The van der Waals surface area contributed by atoms with Gasteiger partial charge in [0.05, 0.1) is 0 Å². The fourth-order valence-corrected chi connectivity index (χ4v) is 1.83. The zero-order chi connectivity index (χ0) is 10.4. The lowest BCUT2D eigenvalue weighted by Gasteiger charge is -2.29. The van der Waals surface area contributed by atoms with Crippen LogP contribution in [0.15, 0.2) is 0 Å². The smallest absolute Gasteiger partial charge is 0.0469 e. The van der Waals surface area contributed by atoms with Gasteiger partial charge in [-0.2, -0.15) is 0 Å². The molecule has 0 aliphatic carbocycles. The summed E-state index contributed by atoms with van der Waals surface area (Å²) in [6.45, 7) is 7.30. The molecule has 0 saturated carbocycles. The first-order valence-corrected chi connectivity index (χ1v) is 5.66. The standard InChI is InChI=1S/C11H23NO2/c1-9(8-13)7-12-10(2)11-3-5-14-6-4-11/h9-13H,3-8H2,1-2H3. The minimum absolute atomic E-state index is 0.271. The molecular weight excluding hydrogens is 178 g/mol. The molecule has 3 nitrogen and oxygen atoms in total. The van der Waals surface area contributed by atoms with Gasteiger partial charge in [-0.1, -0.05) is 6.92 Å². The van der Waals surface area contributed by atoms with E-state index in [2.05, 4.69) is 19.2 Å². The molecule has 0 radical (unpaired) electrons. The van der Waals surface area contributed by atoms with Gasteiger partial charge < -0.3 is 15.2 Å². The molecule has 14 heavy (non-hydrogen) atoms. The van der Waals surface area contributed by atoms with Gasteiger partial charge >= 0.3 is 0 Å². The highest BCUT2D eigenvalue weighted by molar-refractivity contribution is 4.75. The molecule has 0 aromatic carbocycles. The summed E-state index contributed by atoms with van der Waals surface area (Å²) in [6.07, 6.45) is 2.34. The van der Waals surface area contributed by atoms with Gasteiger partial charge in [0, 0.05) is 32.4 Å². The average Bonchev–Trinajstić information content (AvgIpc) is 2.26. The van der Waals surface area contributed by atoms with Crippen molar-refractivity contribution in [3.63, 3.8) is 0 Å². The molecule has 1 aliphatic heterocycles. The zero-order valence-electron chi connectivity index (χ0n) is 9.33. The molecule has 0 aromatic rings. The van der Waals surface area contributed by atoms with Crippen molar-refractivity contribution >= 4 is 0 Å². The Labute approximate surface area is 86.8 Å². The maximum absolute atomic E-state index is 8.90. The van der Waals surface area contributed by atoms with Gasteiger partial charge in [-0.25, -0.2) is 0 Å². The van der Waals surface area contributed by atoms with Crippen LogP contribution in [0.4, 0.5) is 0 Å². The third kappa shape index (κ3) is 3.95. The van der Waals surface area contributed by atoms with Crippen molar-refractivity contribution in [1.82, 2.24) is 5.32 Å². The summed E-state index contributed by atoms with van der Waals surface area (Å²) in [6, 6.07) is 0.549. The van der Waals surface area contributed by atoms with Crippen molar-refractivity contribution in [2.75, 3.05) is 26.4 Å². The van der Waals surface area contributed by atoms with Crippen LogP contribution in [0, 0.1) is 11.8 Å². The molecule has 84 valence electrons. The number of aliphatic hydroxyl groups excluding tert-OH is 1. The van der Waals surface area contributed by atoms with Gasteiger partial charge in [-0.3, -0.25) is 0 Å². The summed E-state index contributed by atoms with van der Waals surface area (Å²) < 4.78 is 5.33. The summed E-state index contributed by atoms with van der Waals surface area (Å²) in [5.41, 5.74) is 0. The van der Waals surface area contributed by atoms with Crippen LogP contribution in [0.2, 0.25) is 0 Å². The normalized spacial score (nSPS) is 23.4. The lowest BCUT2D eigenvalue weighted by Crippen LogP contribution is -2.39. The van der Waals surface area contributed by atoms with Crippen LogP contribution in [0.25, 0.3) is 0 Å². The van der Waals surface area contributed by atoms with Crippen molar-refractivity contribution < 1.29 is 9.84 Å². The minimum Gasteiger partial charge on any atom is -0.396 e. The van der Waals surface area contributed by atoms with E-state index in [1.165, 1.54) is 12.8 Å². The minimum atomic E-state index is 0.271. The van der Waals surface area contributed by atoms with Crippen LogP contribution < -0.4 is 5.32 Å². The lowest BCUT2D eigenvalue weighted by atomic mass is 9.92. The van der Waals surface area contributed by atoms with E-state index in [-0.39, 0.29) is 6.61 Å². The van der Waals surface area contributed by atoms with Gasteiger partial charge in [0.15, 0.2) is 0 Å². The molecule has 0 bridgehead atoms. The second-order valence-corrected chi connectivity index (χ2v) is 4.43. The monoisotopic (exact) mass is 201 g/mol. The predicted molar refractivity (Wildman–Crippen MR) is 57.3 cm³/mol. The van der Waals surface area contributed by atoms with E-state index < -0.39 is 0 Å². The molecular formula is C11H23NO2. The lowest BCUT2D eigenvalue weighted by molar-refractivity contribution is 0.0551. The van der Waals surface area contributed by atoms with Crippen molar-refractivity contribution in [2.24, 2.45) is 11.8 Å². The van der Waals surface area contributed by atoms with Gasteiger partial charge in [-0.05, 0) is 31.6 Å². The molecule has 0 spiro atoms. The van der Waals surface area contributed by atoms with Crippen LogP contribution in [0.5, 0.6) is 0 Å². The summed E-state index contributed by atoms with van der Waals surface area (Å²) in [7, 11) is 0. The van der Waals surface area contributed by atoms with Gasteiger partial charge in [0.1, 0.15) is 0 Å². The molecule has 2 N–H and O–H groups in total. The Bertz CT molecular complexity index is 146. The molecule has 1 aliphatic rings. The molecule has 3 heteroatoms. The molecule has 2 unspecified atom stereocenters. The van der Waals surface area contributed by atoms with Crippen LogP contribution in [0.1, 0.15) is 26.7 Å².